The van der Waals surface area contributed by atoms with Crippen molar-refractivity contribution >= 4 is 15.9 Å². The van der Waals surface area contributed by atoms with Gasteiger partial charge in [-0.15, -0.1) is 0 Å². The van der Waals surface area contributed by atoms with Gasteiger partial charge < -0.3 is 4.90 Å². The number of likely N-dealkylation sites (N-methyl/N-ethyl adjacent to an activating group) is 1. The van der Waals surface area contributed by atoms with Gasteiger partial charge in [-0.05, 0) is 37.2 Å². The normalized spacial score (nSPS) is 21.7. The van der Waals surface area contributed by atoms with Gasteiger partial charge in [-0.1, -0.05) is 58.4 Å². The van der Waals surface area contributed by atoms with Gasteiger partial charge in [-0.25, -0.2) is 0 Å². The minimum Gasteiger partial charge on any atom is -0.304 e. The van der Waals surface area contributed by atoms with Crippen molar-refractivity contribution in [2.45, 2.75) is 19.0 Å². The molecule has 0 saturated carbocycles. The molecule has 3 heteroatoms. The second kappa shape index (κ2) is 6.95. The molecule has 2 unspecified atom stereocenters. The quantitative estimate of drug-likeness (QED) is 0.812. The summed E-state index contributed by atoms with van der Waals surface area (Å²) in [4.78, 5) is 5.06. The lowest BCUT2D eigenvalue weighted by molar-refractivity contribution is 0.0747. The number of piperazine rings is 1. The molecule has 116 valence electrons. The third kappa shape index (κ3) is 3.43. The molecule has 1 aliphatic heterocycles. The van der Waals surface area contributed by atoms with Crippen molar-refractivity contribution in [2.24, 2.45) is 0 Å². The van der Waals surface area contributed by atoms with Crippen LogP contribution in [0.25, 0.3) is 0 Å². The molecule has 1 heterocycles. The lowest BCUT2D eigenvalue weighted by Crippen LogP contribution is -2.51. The number of halogens is 1. The van der Waals surface area contributed by atoms with Crippen LogP contribution in [0.3, 0.4) is 0 Å². The van der Waals surface area contributed by atoms with E-state index in [-0.39, 0.29) is 0 Å². The molecule has 2 aromatic carbocycles. The third-order valence-corrected chi connectivity index (χ3v) is 4.99. The van der Waals surface area contributed by atoms with Crippen LogP contribution < -0.4 is 0 Å². The first kappa shape index (κ1) is 15.7. The second-order valence-corrected chi connectivity index (χ2v) is 7.13. The molecule has 0 radical (unpaired) electrons. The highest BCUT2D eigenvalue weighted by Gasteiger charge is 2.30. The predicted octanol–water partition coefficient (Wildman–Crippen LogP) is 4.17. The van der Waals surface area contributed by atoms with Gasteiger partial charge in [0.1, 0.15) is 0 Å². The number of benzene rings is 2. The van der Waals surface area contributed by atoms with Crippen LogP contribution in [0.1, 0.15) is 24.1 Å². The average Bonchev–Trinajstić information content (AvgIpc) is 2.51. The van der Waals surface area contributed by atoms with E-state index in [1.54, 1.807) is 0 Å². The first-order chi connectivity index (χ1) is 10.6. The summed E-state index contributed by atoms with van der Waals surface area (Å²) in [6.45, 7) is 5.69. The lowest BCUT2D eigenvalue weighted by Gasteiger charge is -2.43. The number of hydrogen-bond acceptors (Lipinski definition) is 2. The minimum atomic E-state index is 0.322. The molecular weight excluding hydrogens is 336 g/mol. The topological polar surface area (TPSA) is 6.48 Å². The monoisotopic (exact) mass is 358 g/mol. The van der Waals surface area contributed by atoms with Crippen molar-refractivity contribution in [3.05, 3.63) is 70.2 Å². The molecule has 0 aliphatic carbocycles. The van der Waals surface area contributed by atoms with Crippen molar-refractivity contribution in [1.29, 1.82) is 0 Å². The Morgan fingerprint density at radius 3 is 2.41 bits per heavy atom. The van der Waals surface area contributed by atoms with Crippen molar-refractivity contribution in [3.63, 3.8) is 0 Å². The van der Waals surface area contributed by atoms with E-state index in [1.807, 2.05) is 0 Å². The number of rotatable bonds is 3. The Labute approximate surface area is 141 Å². The van der Waals surface area contributed by atoms with Crippen molar-refractivity contribution in [3.8, 4) is 0 Å². The van der Waals surface area contributed by atoms with Gasteiger partial charge in [-0.2, -0.15) is 0 Å². The zero-order valence-corrected chi connectivity index (χ0v) is 14.8. The Kier molecular flexibility index (Phi) is 4.97. The smallest absolute Gasteiger partial charge is 0.0605 e. The molecule has 3 rings (SSSR count). The lowest BCUT2D eigenvalue weighted by atomic mass is 9.95. The van der Waals surface area contributed by atoms with E-state index < -0.39 is 0 Å². The van der Waals surface area contributed by atoms with Crippen molar-refractivity contribution in [2.75, 3.05) is 26.7 Å². The zero-order chi connectivity index (χ0) is 15.5. The highest BCUT2D eigenvalue weighted by Crippen LogP contribution is 2.32. The molecule has 2 nitrogen and oxygen atoms in total. The summed E-state index contributed by atoms with van der Waals surface area (Å²) in [6, 6.07) is 20.5. The number of nitrogens with zero attached hydrogens (tertiary/aromatic N) is 2. The van der Waals surface area contributed by atoms with Crippen molar-refractivity contribution in [1.82, 2.24) is 9.80 Å². The largest absolute Gasteiger partial charge is 0.304 e. The van der Waals surface area contributed by atoms with E-state index >= 15 is 0 Å². The van der Waals surface area contributed by atoms with Gasteiger partial charge in [0.2, 0.25) is 0 Å². The summed E-state index contributed by atoms with van der Waals surface area (Å²) in [5.41, 5.74) is 2.73. The van der Waals surface area contributed by atoms with Crippen molar-refractivity contribution < 1.29 is 0 Å². The van der Waals surface area contributed by atoms with Crippen LogP contribution in [-0.2, 0) is 0 Å². The van der Waals surface area contributed by atoms with Crippen LogP contribution in [0, 0.1) is 0 Å². The fraction of sp³-hybridized carbons (Fsp3) is 0.368. The Bertz CT molecular complexity index is 614. The maximum Gasteiger partial charge on any atom is 0.0605 e. The van der Waals surface area contributed by atoms with Crippen LogP contribution in [0.2, 0.25) is 0 Å². The van der Waals surface area contributed by atoms with Gasteiger partial charge in [-0.3, -0.25) is 4.90 Å². The van der Waals surface area contributed by atoms with Crippen LogP contribution >= 0.6 is 15.9 Å². The van der Waals surface area contributed by atoms with E-state index in [9.17, 15) is 0 Å². The van der Waals surface area contributed by atoms with E-state index in [4.69, 9.17) is 0 Å². The van der Waals surface area contributed by atoms with Crippen LogP contribution in [0.5, 0.6) is 0 Å². The summed E-state index contributed by atoms with van der Waals surface area (Å²) < 4.78 is 1.15. The highest BCUT2D eigenvalue weighted by molar-refractivity contribution is 9.10. The Hall–Kier alpha value is -1.16. The first-order valence-corrected chi connectivity index (χ1v) is 8.69. The Balaban J connectivity index is 2.00. The molecule has 1 fully saturated rings. The fourth-order valence-electron chi connectivity index (χ4n) is 3.42. The first-order valence-electron chi connectivity index (χ1n) is 7.90. The van der Waals surface area contributed by atoms with Crippen LogP contribution in [0.4, 0.5) is 0 Å². The molecule has 2 atom stereocenters. The third-order valence-electron chi connectivity index (χ3n) is 4.49. The summed E-state index contributed by atoms with van der Waals surface area (Å²) in [6.07, 6.45) is 0. The second-order valence-electron chi connectivity index (χ2n) is 6.22. The molecule has 0 N–H and O–H groups in total. The van der Waals surface area contributed by atoms with E-state index in [1.165, 1.54) is 11.1 Å². The SMILES string of the molecule is CC1CN(C)CCN1C(c1ccccc1)c1cccc(Br)c1. The maximum atomic E-state index is 3.62. The van der Waals surface area contributed by atoms with Crippen LogP contribution in [0.15, 0.2) is 59.1 Å². The summed E-state index contributed by atoms with van der Waals surface area (Å²) in [5.74, 6) is 0. The average molecular weight is 359 g/mol. The minimum absolute atomic E-state index is 0.322. The maximum absolute atomic E-state index is 3.62. The molecular formula is C19H23BrN2. The van der Waals surface area contributed by atoms with E-state index in [0.29, 0.717) is 12.1 Å². The summed E-state index contributed by atoms with van der Waals surface area (Å²) in [5, 5.41) is 0. The van der Waals surface area contributed by atoms with Gasteiger partial charge >= 0.3 is 0 Å². The molecule has 1 saturated heterocycles. The molecule has 1 aliphatic rings. The Morgan fingerprint density at radius 1 is 1.00 bits per heavy atom. The van der Waals surface area contributed by atoms with Gasteiger partial charge in [0.25, 0.3) is 0 Å². The molecule has 0 spiro atoms. The molecule has 0 amide bonds. The molecule has 2 aromatic rings. The van der Waals surface area contributed by atoms with Crippen LogP contribution in [-0.4, -0.2) is 42.5 Å². The highest BCUT2D eigenvalue weighted by atomic mass is 79.9. The van der Waals surface area contributed by atoms with Gasteiger partial charge in [0.05, 0.1) is 6.04 Å². The predicted molar refractivity (Wildman–Crippen MR) is 96.1 cm³/mol. The molecule has 0 aromatic heterocycles. The fourth-order valence-corrected chi connectivity index (χ4v) is 3.84. The molecule has 22 heavy (non-hydrogen) atoms. The van der Waals surface area contributed by atoms with E-state index in [0.717, 1.165) is 24.1 Å². The molecule has 0 bridgehead atoms. The van der Waals surface area contributed by atoms with Gasteiger partial charge in [0.15, 0.2) is 0 Å². The summed E-state index contributed by atoms with van der Waals surface area (Å²) >= 11 is 3.62. The zero-order valence-electron chi connectivity index (χ0n) is 13.2. The number of hydrogen-bond donors (Lipinski definition) is 0. The van der Waals surface area contributed by atoms with Gasteiger partial charge in [0, 0.05) is 30.1 Å². The van der Waals surface area contributed by atoms with E-state index in [2.05, 4.69) is 94.3 Å². The Morgan fingerprint density at radius 2 is 1.73 bits per heavy atom. The summed E-state index contributed by atoms with van der Waals surface area (Å²) in [7, 11) is 2.21. The standard InChI is InChI=1S/C19H23BrN2/c1-15-14-21(2)11-12-22(15)19(16-7-4-3-5-8-16)17-9-6-10-18(20)13-17/h3-10,13,15,19H,11-12,14H2,1-2H3.